The van der Waals surface area contributed by atoms with Gasteiger partial charge in [0.05, 0.1) is 13.2 Å². The number of aliphatic hydroxyl groups excluding tert-OH is 1. The molecular formula is C34H32BrClN6O4. The Labute approximate surface area is 280 Å². The van der Waals surface area contributed by atoms with E-state index >= 15 is 0 Å². The van der Waals surface area contributed by atoms with Gasteiger partial charge in [0.25, 0.3) is 5.91 Å². The Morgan fingerprint density at radius 3 is 2.54 bits per heavy atom. The van der Waals surface area contributed by atoms with Crippen LogP contribution in [0.15, 0.2) is 112 Å². The Hall–Kier alpha value is -4.38. The highest BCUT2D eigenvalue weighted by Gasteiger charge is 2.53. The molecule has 1 heterocycles. The highest BCUT2D eigenvalue weighted by Crippen LogP contribution is 2.43. The highest BCUT2D eigenvalue weighted by molar-refractivity contribution is 9.10. The van der Waals surface area contributed by atoms with E-state index in [1.165, 1.54) is 0 Å². The summed E-state index contributed by atoms with van der Waals surface area (Å²) in [6, 6.07) is 29.7. The zero-order chi connectivity index (χ0) is 32.4. The molecule has 46 heavy (non-hydrogen) atoms. The minimum atomic E-state index is -1.47. The van der Waals surface area contributed by atoms with E-state index in [-0.39, 0.29) is 19.6 Å². The van der Waals surface area contributed by atoms with E-state index in [0.717, 1.165) is 26.7 Å². The number of rotatable bonds is 14. The summed E-state index contributed by atoms with van der Waals surface area (Å²) in [7, 11) is 0. The molecule has 0 aromatic heterocycles. The van der Waals surface area contributed by atoms with Gasteiger partial charge in [-0.25, -0.2) is 10.4 Å². The maximum absolute atomic E-state index is 14.5. The van der Waals surface area contributed by atoms with Crippen LogP contribution in [0.4, 0.5) is 0 Å². The van der Waals surface area contributed by atoms with Gasteiger partial charge in [0.2, 0.25) is 5.90 Å². The van der Waals surface area contributed by atoms with Crippen molar-refractivity contribution in [3.63, 3.8) is 0 Å². The monoisotopic (exact) mass is 702 g/mol. The molecule has 12 heteroatoms. The maximum atomic E-state index is 14.5. The van der Waals surface area contributed by atoms with Crippen molar-refractivity contribution in [1.82, 2.24) is 10.9 Å². The van der Waals surface area contributed by atoms with Gasteiger partial charge in [-0.2, -0.15) is 0 Å². The number of hydrogen-bond donors (Lipinski definition) is 3. The van der Waals surface area contributed by atoms with Crippen LogP contribution in [0.1, 0.15) is 40.3 Å². The number of hydrogen-bond acceptors (Lipinski definition) is 7. The van der Waals surface area contributed by atoms with Crippen molar-refractivity contribution in [1.29, 1.82) is 0 Å². The second-order valence-electron chi connectivity index (χ2n) is 10.6. The Kier molecular flexibility index (Phi) is 11.3. The van der Waals surface area contributed by atoms with Gasteiger partial charge in [-0.05, 0) is 76.3 Å². The first kappa shape index (κ1) is 33.0. The summed E-state index contributed by atoms with van der Waals surface area (Å²) in [4.78, 5) is 22.5. The molecule has 0 fully saturated rings. The van der Waals surface area contributed by atoms with Gasteiger partial charge in [-0.15, -0.1) is 0 Å². The number of ether oxygens (including phenoxy) is 2. The molecule has 0 aliphatic carbocycles. The number of benzene rings is 4. The number of carbonyl (C=O) groups is 1. The van der Waals surface area contributed by atoms with Gasteiger partial charge in [-0.1, -0.05) is 81.2 Å². The average Bonchev–Trinajstić information content (AvgIpc) is 3.45. The van der Waals surface area contributed by atoms with Crippen LogP contribution in [-0.2, 0) is 29.0 Å². The molecule has 4 aromatic carbocycles. The Morgan fingerprint density at radius 1 is 1.07 bits per heavy atom. The number of carbonyl (C=O) groups excluding carboxylic acids is 1. The minimum absolute atomic E-state index is 0.0459. The van der Waals surface area contributed by atoms with Crippen molar-refractivity contribution in [3.05, 3.63) is 145 Å². The van der Waals surface area contributed by atoms with E-state index in [4.69, 9.17) is 36.7 Å². The molecule has 0 radical (unpaired) electrons. The van der Waals surface area contributed by atoms with Crippen molar-refractivity contribution in [2.24, 2.45) is 10.1 Å². The van der Waals surface area contributed by atoms with E-state index in [9.17, 15) is 4.79 Å². The molecule has 0 bridgehead atoms. The molecule has 3 N–H and O–H groups in total. The number of aliphatic hydroxyl groups is 1. The van der Waals surface area contributed by atoms with Crippen LogP contribution < -0.4 is 15.6 Å². The molecule has 0 unspecified atom stereocenters. The number of hydrazine groups is 1. The normalized spacial score (nSPS) is 17.0. The van der Waals surface area contributed by atoms with Gasteiger partial charge in [0, 0.05) is 46.0 Å². The van der Waals surface area contributed by atoms with Crippen LogP contribution in [0.25, 0.3) is 10.4 Å². The summed E-state index contributed by atoms with van der Waals surface area (Å²) >= 11 is 9.67. The number of azide groups is 1. The van der Waals surface area contributed by atoms with E-state index < -0.39 is 17.6 Å². The predicted octanol–water partition coefficient (Wildman–Crippen LogP) is 6.99. The summed E-state index contributed by atoms with van der Waals surface area (Å²) in [5.74, 6) is 0.536. The van der Waals surface area contributed by atoms with Crippen LogP contribution in [0.2, 0.25) is 5.02 Å². The molecule has 1 aliphatic rings. The number of halogens is 2. The fraction of sp³-hybridized carbons (Fsp3) is 0.235. The van der Waals surface area contributed by atoms with Crippen LogP contribution in [-0.4, -0.2) is 35.7 Å². The van der Waals surface area contributed by atoms with Crippen molar-refractivity contribution in [2.75, 3.05) is 13.2 Å². The molecule has 10 nitrogen and oxygen atoms in total. The summed E-state index contributed by atoms with van der Waals surface area (Å²) in [5.41, 5.74) is 17.4. The number of aliphatic imine (C=N–C) groups is 1. The van der Waals surface area contributed by atoms with E-state index in [1.54, 1.807) is 18.2 Å². The van der Waals surface area contributed by atoms with Gasteiger partial charge in [0.15, 0.2) is 11.6 Å². The van der Waals surface area contributed by atoms with E-state index in [2.05, 4.69) is 36.8 Å². The average molecular weight is 704 g/mol. The van der Waals surface area contributed by atoms with Gasteiger partial charge < -0.3 is 14.6 Å². The molecule has 1 amide bonds. The first-order valence-electron chi connectivity index (χ1n) is 14.6. The lowest BCUT2D eigenvalue weighted by molar-refractivity contribution is -0.130. The lowest BCUT2D eigenvalue weighted by atomic mass is 9.81. The van der Waals surface area contributed by atoms with Crippen LogP contribution in [0.5, 0.6) is 5.75 Å². The summed E-state index contributed by atoms with van der Waals surface area (Å²) < 4.78 is 13.2. The van der Waals surface area contributed by atoms with Crippen LogP contribution in [0, 0.1) is 0 Å². The second kappa shape index (κ2) is 15.8. The molecule has 0 saturated carbocycles. The topological polar surface area (TPSA) is 141 Å². The third-order valence-corrected chi connectivity index (χ3v) is 8.23. The molecule has 5 rings (SSSR count). The molecule has 236 valence electrons. The standard InChI is InChI=1S/C34H32BrClN6O4/c35-28-13-9-24(10-14-28)31-34(20-26-6-1-2-7-27(26)22-39-42-37,33(44)41-38-21-23-5-3-8-29(36)19-23)40-32(46-31)25-11-15-30(16-12-25)45-18-4-17-43/h1-3,5-16,19,31,38,43H,4,17-18,20-22H2,(H,41,44)/t31-,34-/m0/s1. The highest BCUT2D eigenvalue weighted by atomic mass is 79.9. The van der Waals surface area contributed by atoms with Crippen molar-refractivity contribution in [3.8, 4) is 5.75 Å². The smallest absolute Gasteiger partial charge is 0.266 e. The SMILES string of the molecule is [N-]=[N+]=NCc1ccccc1C[C@]1(C(=O)NNCc2cccc(Cl)c2)N=C(c2ccc(OCCCO)cc2)O[C@H]1c1ccc(Br)cc1. The predicted molar refractivity (Wildman–Crippen MR) is 180 cm³/mol. The Morgan fingerprint density at radius 2 is 1.83 bits per heavy atom. The fourth-order valence-corrected chi connectivity index (χ4v) is 5.66. The van der Waals surface area contributed by atoms with Gasteiger partial charge >= 0.3 is 0 Å². The summed E-state index contributed by atoms with van der Waals surface area (Å²) in [6.07, 6.45) is -0.130. The number of nitrogens with zero attached hydrogens (tertiary/aromatic N) is 4. The third-order valence-electron chi connectivity index (χ3n) is 7.47. The van der Waals surface area contributed by atoms with Crippen LogP contribution in [0.3, 0.4) is 0 Å². The minimum Gasteiger partial charge on any atom is -0.494 e. The van der Waals surface area contributed by atoms with E-state index in [0.29, 0.717) is 41.8 Å². The second-order valence-corrected chi connectivity index (χ2v) is 12.0. The molecule has 2 atom stereocenters. The zero-order valence-electron chi connectivity index (χ0n) is 24.8. The van der Waals surface area contributed by atoms with Crippen molar-refractivity contribution < 1.29 is 19.4 Å². The summed E-state index contributed by atoms with van der Waals surface area (Å²) in [5, 5.41) is 13.4. The quantitative estimate of drug-likeness (QED) is 0.0427. The largest absolute Gasteiger partial charge is 0.494 e. The molecule has 4 aromatic rings. The lowest BCUT2D eigenvalue weighted by Gasteiger charge is -2.31. The first-order valence-corrected chi connectivity index (χ1v) is 15.8. The number of amides is 1. The maximum Gasteiger partial charge on any atom is 0.266 e. The van der Waals surface area contributed by atoms with Crippen LogP contribution >= 0.6 is 27.5 Å². The number of nitrogens with one attached hydrogen (secondary N) is 2. The molecular weight excluding hydrogens is 672 g/mol. The van der Waals surface area contributed by atoms with Crippen molar-refractivity contribution >= 4 is 39.3 Å². The Bertz CT molecular complexity index is 1730. The molecule has 0 spiro atoms. The molecule has 0 saturated heterocycles. The molecule has 1 aliphatic heterocycles. The first-order chi connectivity index (χ1) is 22.4. The third kappa shape index (κ3) is 8.06. The fourth-order valence-electron chi connectivity index (χ4n) is 5.18. The van der Waals surface area contributed by atoms with Gasteiger partial charge in [-0.3, -0.25) is 10.2 Å². The zero-order valence-corrected chi connectivity index (χ0v) is 27.1. The van der Waals surface area contributed by atoms with E-state index in [1.807, 2.05) is 78.9 Å². The summed E-state index contributed by atoms with van der Waals surface area (Å²) in [6.45, 7) is 0.882. The van der Waals surface area contributed by atoms with Crippen molar-refractivity contribution in [2.45, 2.75) is 37.6 Å². The van der Waals surface area contributed by atoms with Gasteiger partial charge in [0.1, 0.15) is 5.75 Å². The lowest BCUT2D eigenvalue weighted by Crippen LogP contribution is -2.53. The Balaban J connectivity index is 1.55.